The van der Waals surface area contributed by atoms with E-state index in [9.17, 15) is 28.8 Å². The molecule has 9 rings (SSSR count). The van der Waals surface area contributed by atoms with Crippen molar-refractivity contribution in [3.05, 3.63) is 251 Å². The normalized spacial score (nSPS) is 21.1. The summed E-state index contributed by atoms with van der Waals surface area (Å²) < 4.78 is 68.7. The summed E-state index contributed by atoms with van der Waals surface area (Å²) in [7, 11) is 1.29. The van der Waals surface area contributed by atoms with E-state index < -0.39 is 104 Å². The number of hydrogen-bond donors (Lipinski definition) is 0. The molecule has 0 bridgehead atoms. The molecular formula is C62H54O17. The van der Waals surface area contributed by atoms with E-state index in [0.29, 0.717) is 0 Å². The summed E-state index contributed by atoms with van der Waals surface area (Å²) >= 11 is 0. The van der Waals surface area contributed by atoms with Gasteiger partial charge in [-0.15, -0.1) is 0 Å². The Bertz CT molecular complexity index is 3100. The first-order valence-corrected chi connectivity index (χ1v) is 25.3. The molecule has 2 aliphatic heterocycles. The summed E-state index contributed by atoms with van der Waals surface area (Å²) in [6, 6.07) is 57.4. The van der Waals surface area contributed by atoms with Gasteiger partial charge in [0.1, 0.15) is 12.2 Å². The van der Waals surface area contributed by atoms with Crippen LogP contribution in [0, 0.1) is 0 Å². The van der Waals surface area contributed by atoms with Gasteiger partial charge in [0, 0.05) is 7.11 Å². The third-order valence-corrected chi connectivity index (χ3v) is 12.7. The number of hydrogen-bond acceptors (Lipinski definition) is 17. The van der Waals surface area contributed by atoms with Crippen molar-refractivity contribution in [2.24, 2.45) is 0 Å². The van der Waals surface area contributed by atoms with Crippen molar-refractivity contribution in [1.82, 2.24) is 0 Å². The summed E-state index contributed by atoms with van der Waals surface area (Å²) in [5.74, 6) is -5.07. The fourth-order valence-corrected chi connectivity index (χ4v) is 8.81. The molecule has 10 atom stereocenters. The number of ether oxygens (including phenoxy) is 11. The van der Waals surface area contributed by atoms with Crippen LogP contribution in [0.25, 0.3) is 0 Å². The van der Waals surface area contributed by atoms with Crippen LogP contribution in [0.5, 0.6) is 0 Å². The molecule has 17 nitrogen and oxygen atoms in total. The first-order valence-electron chi connectivity index (χ1n) is 25.3. The van der Waals surface area contributed by atoms with Gasteiger partial charge in [-0.05, 0) is 78.4 Å². The van der Waals surface area contributed by atoms with Gasteiger partial charge in [0.25, 0.3) is 0 Å². The van der Waals surface area contributed by atoms with Gasteiger partial charge >= 0.3 is 35.8 Å². The highest BCUT2D eigenvalue weighted by molar-refractivity contribution is 5.92. The van der Waals surface area contributed by atoms with Gasteiger partial charge in [-0.3, -0.25) is 0 Å². The largest absolute Gasteiger partial charge is 0.453 e. The maximum atomic E-state index is 14.2. The van der Waals surface area contributed by atoms with Crippen LogP contribution in [-0.2, 0) is 58.7 Å². The molecule has 79 heavy (non-hydrogen) atoms. The van der Waals surface area contributed by atoms with Gasteiger partial charge in [-0.1, -0.05) is 140 Å². The Morgan fingerprint density at radius 3 is 1.01 bits per heavy atom. The quantitative estimate of drug-likeness (QED) is 0.0460. The molecule has 0 radical (unpaired) electrons. The van der Waals surface area contributed by atoms with Crippen molar-refractivity contribution in [3.63, 3.8) is 0 Å². The molecular weight excluding hydrogens is 1020 g/mol. The van der Waals surface area contributed by atoms with Crippen LogP contribution in [0.15, 0.2) is 212 Å². The third kappa shape index (κ3) is 14.2. The van der Waals surface area contributed by atoms with Gasteiger partial charge in [0.05, 0.1) is 53.2 Å². The summed E-state index contributed by atoms with van der Waals surface area (Å²) in [6.45, 7) is -0.982. The van der Waals surface area contributed by atoms with E-state index in [2.05, 4.69) is 0 Å². The van der Waals surface area contributed by atoms with Gasteiger partial charge in [-0.25, -0.2) is 28.8 Å². The lowest BCUT2D eigenvalue weighted by atomic mass is 10.0. The maximum absolute atomic E-state index is 14.2. The Hall–Kier alpha value is -8.84. The van der Waals surface area contributed by atoms with Crippen LogP contribution < -0.4 is 0 Å². The second kappa shape index (κ2) is 27.0. The van der Waals surface area contributed by atoms with Crippen LogP contribution in [0.4, 0.5) is 0 Å². The monoisotopic (exact) mass is 1070 g/mol. The minimum atomic E-state index is -1.73. The smallest absolute Gasteiger partial charge is 0.338 e. The highest BCUT2D eigenvalue weighted by Gasteiger charge is 2.57. The molecule has 0 aliphatic carbocycles. The average molecular weight is 1070 g/mol. The summed E-state index contributed by atoms with van der Waals surface area (Å²) in [4.78, 5) is 84.5. The summed E-state index contributed by atoms with van der Waals surface area (Å²) in [5.41, 5.74) is 1.59. The van der Waals surface area contributed by atoms with Gasteiger partial charge < -0.3 is 52.1 Å². The first-order chi connectivity index (χ1) is 38.6. The van der Waals surface area contributed by atoms with Gasteiger partial charge in [0.15, 0.2) is 49.2 Å². The topological polar surface area (TPSA) is 204 Å². The van der Waals surface area contributed by atoms with E-state index in [0.717, 1.165) is 5.56 Å². The number of esters is 6. The molecule has 7 aromatic carbocycles. The fraction of sp³-hybridized carbons (Fsp3) is 0.226. The number of rotatable bonds is 22. The molecule has 7 aromatic rings. The summed E-state index contributed by atoms with van der Waals surface area (Å²) in [6.07, 6.45) is -15.5. The number of methoxy groups -OCH3 is 1. The van der Waals surface area contributed by atoms with E-state index in [4.69, 9.17) is 52.1 Å². The second-order valence-electron chi connectivity index (χ2n) is 18.1. The minimum absolute atomic E-state index is 0.0593. The molecule has 0 amide bonds. The van der Waals surface area contributed by atoms with E-state index in [1.165, 1.54) is 67.8 Å². The van der Waals surface area contributed by atoms with Crippen molar-refractivity contribution in [3.8, 4) is 0 Å². The molecule has 2 aliphatic rings. The van der Waals surface area contributed by atoms with Crippen molar-refractivity contribution in [2.45, 2.75) is 68.0 Å². The highest BCUT2D eigenvalue weighted by Crippen LogP contribution is 2.36. The van der Waals surface area contributed by atoms with Gasteiger partial charge in [-0.2, -0.15) is 0 Å². The van der Waals surface area contributed by atoms with E-state index in [1.54, 1.807) is 121 Å². The van der Waals surface area contributed by atoms with Crippen LogP contribution in [0.2, 0.25) is 0 Å². The van der Waals surface area contributed by atoms with Crippen LogP contribution in [0.3, 0.4) is 0 Å². The lowest BCUT2D eigenvalue weighted by Crippen LogP contribution is -2.48. The molecule has 404 valence electrons. The molecule has 2 saturated heterocycles. The maximum Gasteiger partial charge on any atom is 0.338 e. The lowest BCUT2D eigenvalue weighted by Gasteiger charge is -2.30. The Balaban J connectivity index is 1.10. The van der Waals surface area contributed by atoms with Crippen molar-refractivity contribution < 1.29 is 80.9 Å². The molecule has 17 heteroatoms. The minimum Gasteiger partial charge on any atom is -0.453 e. The van der Waals surface area contributed by atoms with Crippen molar-refractivity contribution in [2.75, 3.05) is 20.3 Å². The van der Waals surface area contributed by atoms with Crippen LogP contribution in [-0.4, -0.2) is 118 Å². The van der Waals surface area contributed by atoms with E-state index in [-0.39, 0.29) is 46.6 Å². The predicted octanol–water partition coefficient (Wildman–Crippen LogP) is 8.67. The molecule has 0 saturated carbocycles. The molecule has 0 unspecified atom stereocenters. The zero-order valence-corrected chi connectivity index (χ0v) is 42.5. The second-order valence-corrected chi connectivity index (χ2v) is 18.1. The molecule has 0 N–H and O–H groups in total. The molecule has 2 heterocycles. The Morgan fingerprint density at radius 2 is 0.658 bits per heavy atom. The highest BCUT2D eigenvalue weighted by atomic mass is 16.8. The number of carbonyl (C=O) groups excluding carboxylic acids is 6. The molecule has 2 fully saturated rings. The Labute approximate surface area is 454 Å². The zero-order chi connectivity index (χ0) is 54.9. The van der Waals surface area contributed by atoms with E-state index in [1.807, 2.05) is 30.3 Å². The number of carbonyl (C=O) groups is 6. The Morgan fingerprint density at radius 1 is 0.367 bits per heavy atom. The van der Waals surface area contributed by atoms with E-state index >= 15 is 0 Å². The fourth-order valence-electron chi connectivity index (χ4n) is 8.81. The lowest BCUT2D eigenvalue weighted by molar-refractivity contribution is -0.210. The van der Waals surface area contributed by atoms with Crippen molar-refractivity contribution >= 4 is 35.8 Å². The molecule has 0 aromatic heterocycles. The summed E-state index contributed by atoms with van der Waals surface area (Å²) in [5, 5.41) is 0. The van der Waals surface area contributed by atoms with Crippen LogP contribution in [0.1, 0.15) is 67.7 Å². The predicted molar refractivity (Wildman–Crippen MR) is 280 cm³/mol. The zero-order valence-electron chi connectivity index (χ0n) is 42.5. The Kier molecular flexibility index (Phi) is 18.7. The first kappa shape index (κ1) is 54.9. The van der Waals surface area contributed by atoms with Gasteiger partial charge in [0.2, 0.25) is 0 Å². The van der Waals surface area contributed by atoms with Crippen molar-refractivity contribution in [1.29, 1.82) is 0 Å². The van der Waals surface area contributed by atoms with Crippen LogP contribution >= 0.6 is 0 Å². The molecule has 0 spiro atoms. The average Bonchev–Trinajstić information content (AvgIpc) is 4.02. The third-order valence-electron chi connectivity index (χ3n) is 12.7. The standard InChI is InChI=1S/C62H54O17/c1-69-61-53(76-59(67)45-33-19-7-20-34-45)51(74-57(65)43-29-15-5-16-30-43)50(78-61)48(73-56(64)42-27-13-4-14-28-42)39-71-62-54(77-60(68)46-35-21-8-22-36-46)52(75-58(66)44-31-17-6-18-32-44)49(79-62)47(38-70-37-40-23-9-2-10-24-40)72-55(63)41-25-11-3-12-26-41/h2-36,47-54,61-62H,37-39H2,1H3/t47-,48-,49+,50+,51+,52+,53-,54-,61-,62-/m1/s1. The number of benzene rings is 7. The SMILES string of the molecule is CO[C@@H]1O[C@@H]([C@@H](CO[C@@H]2O[C@@H]([C@@H](COCc3ccccc3)OC(=O)c3ccccc3)[C@H](OC(=O)c3ccccc3)[C@H]2OC(=O)c2ccccc2)OC(=O)c2ccccc2)[C@H](OC(=O)c2ccccc2)[C@H]1OC(=O)c1ccccc1.